The van der Waals surface area contributed by atoms with Gasteiger partial charge in [-0.05, 0) is 12.8 Å². The van der Waals surface area contributed by atoms with Crippen molar-refractivity contribution in [1.82, 2.24) is 5.32 Å². The number of aliphatic hydroxyl groups is 9. The molecule has 0 aromatic rings. The maximum Gasteiger partial charge on any atom is 0.249 e. The van der Waals surface area contributed by atoms with Gasteiger partial charge in [-0.15, -0.1) is 0 Å². The molecule has 1 amide bonds. The summed E-state index contributed by atoms with van der Waals surface area (Å²) in [6.07, 6.45) is 21.2. The Morgan fingerprint density at radius 3 is 1.34 bits per heavy atom. The van der Waals surface area contributed by atoms with Gasteiger partial charge in [-0.2, -0.15) is 0 Å². The van der Waals surface area contributed by atoms with Gasteiger partial charge in [0, 0.05) is 0 Å². The second kappa shape index (κ2) is 40.4. The van der Waals surface area contributed by atoms with Crippen LogP contribution in [0.25, 0.3) is 0 Å². The van der Waals surface area contributed by atoms with Crippen LogP contribution in [-0.4, -0.2) is 151 Å². The minimum Gasteiger partial charge on any atom is -0.390 e. The molecule has 0 saturated carbocycles. The van der Waals surface area contributed by atoms with E-state index in [1.807, 2.05) is 0 Å². The van der Waals surface area contributed by atoms with Gasteiger partial charge < -0.3 is 70.2 Å². The number of amides is 1. The summed E-state index contributed by atoms with van der Waals surface area (Å²) < 4.78 is 22.3. The second-order valence-electron chi connectivity index (χ2n) is 20.3. The summed E-state index contributed by atoms with van der Waals surface area (Å²) in [6.45, 7) is 3.18. The molecule has 2 saturated heterocycles. The van der Waals surface area contributed by atoms with E-state index in [1.165, 1.54) is 154 Å². The summed E-state index contributed by atoms with van der Waals surface area (Å²) in [5, 5.41) is 98.0. The van der Waals surface area contributed by atoms with Gasteiger partial charge in [0.15, 0.2) is 12.6 Å². The molecule has 0 unspecified atom stereocenters. The van der Waals surface area contributed by atoms with Crippen LogP contribution in [0.5, 0.6) is 0 Å². The van der Waals surface area contributed by atoms with E-state index in [4.69, 9.17) is 18.9 Å². The Morgan fingerprint density at radius 1 is 0.500 bits per heavy atom. The van der Waals surface area contributed by atoms with Gasteiger partial charge in [-0.1, -0.05) is 219 Å². The van der Waals surface area contributed by atoms with E-state index in [1.54, 1.807) is 0 Å². The lowest BCUT2D eigenvalue weighted by molar-refractivity contribution is -0.322. The normalized spacial score (nSPS) is 26.1. The first-order valence-electron chi connectivity index (χ1n) is 27.9. The van der Waals surface area contributed by atoms with Crippen molar-refractivity contribution in [2.45, 2.75) is 312 Å². The van der Waals surface area contributed by atoms with Crippen molar-refractivity contribution in [1.29, 1.82) is 0 Å². The zero-order valence-corrected chi connectivity index (χ0v) is 42.7. The molecule has 2 aliphatic rings. The van der Waals surface area contributed by atoms with Crippen molar-refractivity contribution in [3.63, 3.8) is 0 Å². The molecule has 0 aromatic carbocycles. The molecule has 0 spiro atoms. The van der Waals surface area contributed by atoms with Gasteiger partial charge in [0.1, 0.15) is 54.9 Å². The van der Waals surface area contributed by atoms with E-state index in [9.17, 15) is 50.8 Å². The number of hydrogen-bond acceptors (Lipinski definition) is 14. The molecule has 0 aliphatic carbocycles. The molecule has 2 fully saturated rings. The van der Waals surface area contributed by atoms with Crippen molar-refractivity contribution < 1.29 is 69.7 Å². The molecule has 13 atom stereocenters. The van der Waals surface area contributed by atoms with Crippen LogP contribution in [0.3, 0.4) is 0 Å². The Kier molecular flexibility index (Phi) is 37.5. The summed E-state index contributed by atoms with van der Waals surface area (Å²) in [5.41, 5.74) is 0. The number of hydrogen-bond donors (Lipinski definition) is 10. The Morgan fingerprint density at radius 2 is 0.897 bits per heavy atom. The number of nitrogens with one attached hydrogen (secondary N) is 1. The topological polar surface area (TPSA) is 248 Å². The molecule has 0 aromatic heterocycles. The maximum atomic E-state index is 13.3. The van der Waals surface area contributed by atoms with Crippen LogP contribution >= 0.6 is 0 Å². The Labute approximate surface area is 411 Å². The summed E-state index contributed by atoms with van der Waals surface area (Å²) in [7, 11) is 0. The third-order valence-electron chi connectivity index (χ3n) is 14.1. The minimum atomic E-state index is -1.77. The number of rotatable bonds is 44. The number of carbonyl (C=O) groups excluding carboxylic acids is 1. The van der Waals surface area contributed by atoms with Crippen molar-refractivity contribution in [3.8, 4) is 0 Å². The lowest BCUT2D eigenvalue weighted by Gasteiger charge is -2.42. The van der Waals surface area contributed by atoms with Crippen molar-refractivity contribution in [2.24, 2.45) is 0 Å². The van der Waals surface area contributed by atoms with Gasteiger partial charge in [0.2, 0.25) is 5.91 Å². The van der Waals surface area contributed by atoms with Gasteiger partial charge in [0.05, 0.1) is 32.0 Å². The van der Waals surface area contributed by atoms with Crippen LogP contribution in [0.15, 0.2) is 0 Å². The molecular weight excluding hydrogens is 875 g/mol. The van der Waals surface area contributed by atoms with E-state index < -0.39 is 98.8 Å². The van der Waals surface area contributed by atoms with Crippen LogP contribution in [-0.2, 0) is 23.7 Å². The van der Waals surface area contributed by atoms with E-state index in [2.05, 4.69) is 19.2 Å². The SMILES string of the molecule is CCCCCCCCCCCCCCCCCCCCCC[C@@H](O)C(=O)N[C@@H](CO[C@@H]1O[C@H](CO[C@@H]2OC[C@@H](O)[C@@H](O)[C@@H]2O)[C@@H](O)[C@H](O)[C@H]1O)[C@H](O)[C@H](O)CCCCCCCCCCCCCC. The monoisotopic (exact) mass is 978 g/mol. The molecule has 10 N–H and O–H groups in total. The zero-order valence-electron chi connectivity index (χ0n) is 42.7. The summed E-state index contributed by atoms with van der Waals surface area (Å²) >= 11 is 0. The lowest BCUT2D eigenvalue weighted by atomic mass is 9.98. The average Bonchev–Trinajstić information content (AvgIpc) is 3.33. The van der Waals surface area contributed by atoms with Crippen molar-refractivity contribution in [2.75, 3.05) is 19.8 Å². The van der Waals surface area contributed by atoms with Crippen molar-refractivity contribution in [3.05, 3.63) is 0 Å². The molecule has 2 aliphatic heterocycles. The van der Waals surface area contributed by atoms with Gasteiger partial charge in [-0.25, -0.2) is 0 Å². The summed E-state index contributed by atoms with van der Waals surface area (Å²) in [4.78, 5) is 13.3. The van der Waals surface area contributed by atoms with Crippen LogP contribution in [0, 0.1) is 0 Å². The average molecular weight is 978 g/mol. The van der Waals surface area contributed by atoms with Gasteiger partial charge in [0.25, 0.3) is 0 Å². The molecule has 0 radical (unpaired) electrons. The van der Waals surface area contributed by atoms with Crippen LogP contribution in [0.1, 0.15) is 232 Å². The highest BCUT2D eigenvalue weighted by Crippen LogP contribution is 2.26. The molecule has 15 nitrogen and oxygen atoms in total. The standard InChI is InChI=1S/C53H103NO14/c1-3-5-7-9-11-13-15-17-18-19-20-21-22-23-24-26-28-30-32-34-36-42(56)51(64)54-40(45(58)41(55)35-33-31-29-27-25-16-14-12-10-8-6-4-2)37-65-53-50(63)48(61)47(60)44(68-53)39-67-52-49(62)46(59)43(57)38-66-52/h40-50,52-53,55-63H,3-39H2,1-2H3,(H,54,64)/t40-,41+,42+,43+,44+,45-,46+,47+,48-,49-,50+,52-,53+/m0/s1. The molecule has 0 bridgehead atoms. The zero-order chi connectivity index (χ0) is 49.8. The smallest absolute Gasteiger partial charge is 0.249 e. The fourth-order valence-corrected chi connectivity index (χ4v) is 9.37. The number of carbonyl (C=O) groups is 1. The Bertz CT molecular complexity index is 1170. The Hall–Kier alpha value is -1.05. The first-order valence-corrected chi connectivity index (χ1v) is 27.9. The van der Waals surface area contributed by atoms with E-state index >= 15 is 0 Å². The largest absolute Gasteiger partial charge is 0.390 e. The van der Waals surface area contributed by atoms with E-state index in [-0.39, 0.29) is 19.4 Å². The number of ether oxygens (including phenoxy) is 4. The highest BCUT2D eigenvalue weighted by Gasteiger charge is 2.46. The molecule has 2 rings (SSSR count). The fourth-order valence-electron chi connectivity index (χ4n) is 9.37. The van der Waals surface area contributed by atoms with Crippen LogP contribution < -0.4 is 5.32 Å². The third kappa shape index (κ3) is 27.7. The molecule has 68 heavy (non-hydrogen) atoms. The molecule has 2 heterocycles. The van der Waals surface area contributed by atoms with Gasteiger partial charge in [-0.3, -0.25) is 4.79 Å². The highest BCUT2D eigenvalue weighted by atomic mass is 16.7. The second-order valence-corrected chi connectivity index (χ2v) is 20.3. The fraction of sp³-hybridized carbons (Fsp3) is 0.981. The lowest BCUT2D eigenvalue weighted by Crippen LogP contribution is -2.61. The molecular formula is C53H103NO14. The quantitative estimate of drug-likeness (QED) is 0.0273. The predicted octanol–water partition coefficient (Wildman–Crippen LogP) is 7.14. The molecule has 404 valence electrons. The number of unbranched alkanes of at least 4 members (excludes halogenated alkanes) is 30. The molecule has 15 heteroatoms. The van der Waals surface area contributed by atoms with Crippen molar-refractivity contribution >= 4 is 5.91 Å². The van der Waals surface area contributed by atoms with E-state index in [0.29, 0.717) is 12.8 Å². The van der Waals surface area contributed by atoms with Crippen LogP contribution in [0.4, 0.5) is 0 Å². The highest BCUT2D eigenvalue weighted by molar-refractivity contribution is 5.80. The van der Waals surface area contributed by atoms with Gasteiger partial charge >= 0.3 is 0 Å². The number of aliphatic hydroxyl groups excluding tert-OH is 9. The first kappa shape index (κ1) is 63.1. The Balaban J connectivity index is 1.79. The van der Waals surface area contributed by atoms with Crippen LogP contribution in [0.2, 0.25) is 0 Å². The third-order valence-corrected chi connectivity index (χ3v) is 14.1. The predicted molar refractivity (Wildman–Crippen MR) is 265 cm³/mol. The minimum absolute atomic E-state index is 0.224. The maximum absolute atomic E-state index is 13.3. The first-order chi connectivity index (χ1) is 32.9. The van der Waals surface area contributed by atoms with E-state index in [0.717, 1.165) is 38.5 Å². The summed E-state index contributed by atoms with van der Waals surface area (Å²) in [6, 6.07) is -1.24. The summed E-state index contributed by atoms with van der Waals surface area (Å²) in [5.74, 6) is -0.738.